The van der Waals surface area contributed by atoms with E-state index in [-0.39, 0.29) is 24.1 Å². The zero-order valence-corrected chi connectivity index (χ0v) is 14.5. The quantitative estimate of drug-likeness (QED) is 0.596. The van der Waals surface area contributed by atoms with Crippen molar-refractivity contribution in [1.29, 1.82) is 0 Å². The summed E-state index contributed by atoms with van der Waals surface area (Å²) in [6, 6.07) is 6.63. The van der Waals surface area contributed by atoms with Crippen molar-refractivity contribution in [3.8, 4) is 0 Å². The maximum atomic E-state index is 11.6. The summed E-state index contributed by atoms with van der Waals surface area (Å²) in [5.41, 5.74) is 1.15. The summed E-state index contributed by atoms with van der Waals surface area (Å²) in [7, 11) is -1.44. The van der Waals surface area contributed by atoms with Crippen LogP contribution in [0.25, 0.3) is 0 Å². The van der Waals surface area contributed by atoms with E-state index >= 15 is 0 Å². The largest absolute Gasteiger partial charge is 0.326 e. The Morgan fingerprint density at radius 3 is 2.27 bits per heavy atom. The summed E-state index contributed by atoms with van der Waals surface area (Å²) in [5.74, 6) is 0.0429. The maximum Gasteiger partial charge on any atom is 0.232 e. The normalized spacial score (nSPS) is 10.6. The Hall–Kier alpha value is -1.31. The number of rotatable bonds is 9. The van der Waals surface area contributed by atoms with E-state index in [0.29, 0.717) is 24.2 Å². The second-order valence-corrected chi connectivity index (χ2v) is 6.60. The predicted molar refractivity (Wildman–Crippen MR) is 93.2 cm³/mol. The van der Waals surface area contributed by atoms with Crippen molar-refractivity contribution in [3.63, 3.8) is 0 Å². The first-order valence-corrected chi connectivity index (χ1v) is 8.67. The van der Waals surface area contributed by atoms with Gasteiger partial charge in [0.15, 0.2) is 0 Å². The Morgan fingerprint density at radius 1 is 1.14 bits per heavy atom. The molecule has 1 rings (SSSR count). The summed E-state index contributed by atoms with van der Waals surface area (Å²) >= 11 is 0. The van der Waals surface area contributed by atoms with E-state index in [4.69, 9.17) is 0 Å². The Bertz CT molecular complexity index is 547. The van der Waals surface area contributed by atoms with E-state index < -0.39 is 10.0 Å². The molecule has 0 saturated carbocycles. The fourth-order valence-corrected chi connectivity index (χ4v) is 2.90. The lowest BCUT2D eigenvalue weighted by molar-refractivity contribution is -0.116. The molecule has 0 bridgehead atoms. The van der Waals surface area contributed by atoms with E-state index in [1.54, 1.807) is 24.3 Å². The van der Waals surface area contributed by atoms with Gasteiger partial charge in [-0.05, 0) is 50.7 Å². The minimum absolute atomic E-state index is 0. The molecule has 0 fully saturated rings. The average molecular weight is 350 g/mol. The number of benzene rings is 1. The summed E-state index contributed by atoms with van der Waals surface area (Å²) in [6.07, 6.45) is 1.79. The summed E-state index contributed by atoms with van der Waals surface area (Å²) in [5, 5.41) is 5.75. The van der Waals surface area contributed by atoms with Crippen LogP contribution in [0.1, 0.15) is 26.2 Å². The van der Waals surface area contributed by atoms with Gasteiger partial charge in [0.25, 0.3) is 0 Å². The monoisotopic (exact) mass is 349 g/mol. The highest BCUT2D eigenvalue weighted by atomic mass is 35.5. The third kappa shape index (κ3) is 8.21. The Labute approximate surface area is 138 Å². The highest BCUT2D eigenvalue weighted by Gasteiger charge is 2.08. The first kappa shape index (κ1) is 20.7. The van der Waals surface area contributed by atoms with Crippen LogP contribution in [-0.2, 0) is 14.8 Å². The fourth-order valence-electron chi connectivity index (χ4n) is 1.77. The Balaban J connectivity index is 0.00000441. The van der Waals surface area contributed by atoms with E-state index in [2.05, 4.69) is 15.4 Å². The van der Waals surface area contributed by atoms with Crippen molar-refractivity contribution in [1.82, 2.24) is 5.32 Å². The van der Waals surface area contributed by atoms with Crippen molar-refractivity contribution in [2.24, 2.45) is 0 Å². The number of hydrogen-bond donors (Lipinski definition) is 3. The zero-order chi connectivity index (χ0) is 15.7. The molecule has 0 unspecified atom stereocenters. The van der Waals surface area contributed by atoms with Crippen LogP contribution in [0, 0.1) is 0 Å². The lowest BCUT2D eigenvalue weighted by Crippen LogP contribution is -2.16. The van der Waals surface area contributed by atoms with Gasteiger partial charge < -0.3 is 10.6 Å². The molecular formula is C14H24ClN3O3S. The standard InChI is InChI=1S/C14H23N3O3S.ClH/c1-3-11-21(19,20)17-13-8-6-12(7-9-13)16-14(18)5-4-10-15-2;/h6-9,15,17H,3-5,10-11H2,1-2H3,(H,16,18);1H. The van der Waals surface area contributed by atoms with Crippen molar-refractivity contribution < 1.29 is 13.2 Å². The predicted octanol–water partition coefficient (Wildman–Crippen LogP) is 2.20. The van der Waals surface area contributed by atoms with E-state index in [0.717, 1.165) is 13.0 Å². The number of hydrogen-bond acceptors (Lipinski definition) is 4. The Morgan fingerprint density at radius 2 is 1.73 bits per heavy atom. The highest BCUT2D eigenvalue weighted by molar-refractivity contribution is 7.92. The van der Waals surface area contributed by atoms with Crippen LogP contribution in [0.4, 0.5) is 11.4 Å². The summed E-state index contributed by atoms with van der Waals surface area (Å²) < 4.78 is 25.7. The molecule has 0 saturated heterocycles. The molecule has 22 heavy (non-hydrogen) atoms. The van der Waals surface area contributed by atoms with Gasteiger partial charge in [-0.3, -0.25) is 9.52 Å². The van der Waals surface area contributed by atoms with E-state index in [1.165, 1.54) is 0 Å². The number of carbonyl (C=O) groups is 1. The first-order chi connectivity index (χ1) is 9.96. The van der Waals surface area contributed by atoms with Crippen molar-refractivity contribution in [2.75, 3.05) is 29.4 Å². The summed E-state index contributed by atoms with van der Waals surface area (Å²) in [4.78, 5) is 11.6. The van der Waals surface area contributed by atoms with Crippen molar-refractivity contribution >= 4 is 39.7 Å². The average Bonchev–Trinajstić information content (AvgIpc) is 2.41. The smallest absolute Gasteiger partial charge is 0.232 e. The molecule has 1 aromatic rings. The van der Waals surface area contributed by atoms with Crippen LogP contribution in [0.2, 0.25) is 0 Å². The molecule has 0 radical (unpaired) electrons. The van der Waals surface area contributed by atoms with Gasteiger partial charge in [0, 0.05) is 17.8 Å². The number of amides is 1. The maximum absolute atomic E-state index is 11.6. The van der Waals surface area contributed by atoms with Crippen LogP contribution < -0.4 is 15.4 Å². The highest BCUT2D eigenvalue weighted by Crippen LogP contribution is 2.15. The minimum Gasteiger partial charge on any atom is -0.326 e. The van der Waals surface area contributed by atoms with Crippen LogP contribution in [0.5, 0.6) is 0 Å². The van der Waals surface area contributed by atoms with Crippen LogP contribution in [0.3, 0.4) is 0 Å². The van der Waals surface area contributed by atoms with Gasteiger partial charge in [-0.25, -0.2) is 8.42 Å². The third-order valence-electron chi connectivity index (χ3n) is 2.75. The lowest BCUT2D eigenvalue weighted by Gasteiger charge is -2.09. The van der Waals surface area contributed by atoms with Crippen molar-refractivity contribution in [3.05, 3.63) is 24.3 Å². The summed E-state index contributed by atoms with van der Waals surface area (Å²) in [6.45, 7) is 2.61. The first-order valence-electron chi connectivity index (χ1n) is 7.02. The fraction of sp³-hybridized carbons (Fsp3) is 0.500. The molecule has 3 N–H and O–H groups in total. The van der Waals surface area contributed by atoms with Crippen LogP contribution in [-0.4, -0.2) is 33.7 Å². The lowest BCUT2D eigenvalue weighted by atomic mass is 10.2. The van der Waals surface area contributed by atoms with Crippen LogP contribution in [0.15, 0.2) is 24.3 Å². The third-order valence-corrected chi connectivity index (χ3v) is 4.24. The number of nitrogens with one attached hydrogen (secondary N) is 3. The van der Waals surface area contributed by atoms with Crippen LogP contribution >= 0.6 is 12.4 Å². The van der Waals surface area contributed by atoms with E-state index in [9.17, 15) is 13.2 Å². The number of anilines is 2. The molecule has 0 aliphatic carbocycles. The number of carbonyl (C=O) groups excluding carboxylic acids is 1. The molecule has 0 atom stereocenters. The molecule has 6 nitrogen and oxygen atoms in total. The molecule has 0 heterocycles. The molecule has 126 valence electrons. The topological polar surface area (TPSA) is 87.3 Å². The zero-order valence-electron chi connectivity index (χ0n) is 12.9. The van der Waals surface area contributed by atoms with E-state index in [1.807, 2.05) is 14.0 Å². The van der Waals surface area contributed by atoms with Gasteiger partial charge in [-0.1, -0.05) is 6.92 Å². The van der Waals surface area contributed by atoms with Gasteiger partial charge in [0.1, 0.15) is 0 Å². The SMILES string of the molecule is CCCS(=O)(=O)Nc1ccc(NC(=O)CCCNC)cc1.Cl. The molecule has 1 amide bonds. The van der Waals surface area contributed by atoms with Gasteiger partial charge in [0.2, 0.25) is 15.9 Å². The Kier molecular flexibility index (Phi) is 9.80. The molecule has 0 aliphatic rings. The number of sulfonamides is 1. The van der Waals surface area contributed by atoms with Gasteiger partial charge >= 0.3 is 0 Å². The second kappa shape index (κ2) is 10.4. The molecule has 0 spiro atoms. The molecule has 8 heteroatoms. The molecule has 0 aliphatic heterocycles. The molecule has 1 aromatic carbocycles. The second-order valence-electron chi connectivity index (χ2n) is 4.75. The number of halogens is 1. The van der Waals surface area contributed by atoms with Gasteiger partial charge in [-0.2, -0.15) is 0 Å². The minimum atomic E-state index is -3.28. The van der Waals surface area contributed by atoms with Crippen molar-refractivity contribution in [2.45, 2.75) is 26.2 Å². The molecular weight excluding hydrogens is 326 g/mol. The van der Waals surface area contributed by atoms with Gasteiger partial charge in [0.05, 0.1) is 5.75 Å². The van der Waals surface area contributed by atoms with Gasteiger partial charge in [-0.15, -0.1) is 12.4 Å². The molecule has 0 aromatic heterocycles.